The minimum absolute atomic E-state index is 0.130. The molecule has 0 aromatic heterocycles. The normalized spacial score (nSPS) is 10.9. The lowest BCUT2D eigenvalue weighted by Crippen LogP contribution is -2.12. The fourth-order valence-electron chi connectivity index (χ4n) is 3.09. The van der Waals surface area contributed by atoms with Crippen molar-refractivity contribution in [1.29, 1.82) is 0 Å². The number of rotatable bonds is 11. The lowest BCUT2D eigenvalue weighted by Gasteiger charge is -2.07. The first-order valence-electron chi connectivity index (χ1n) is 11.9. The van der Waals surface area contributed by atoms with Gasteiger partial charge in [-0.05, 0) is 60.4 Å². The molecule has 3 aromatic rings. The molecular weight excluding hydrogens is 483 g/mol. The van der Waals surface area contributed by atoms with Crippen LogP contribution in [0.25, 0.3) is 24.3 Å². The lowest BCUT2D eigenvalue weighted by atomic mass is 10.1. The van der Waals surface area contributed by atoms with Gasteiger partial charge in [0.2, 0.25) is 0 Å². The van der Waals surface area contributed by atoms with Gasteiger partial charge in [0, 0.05) is 11.1 Å². The number of benzene rings is 3. The Morgan fingerprint density at radius 1 is 0.711 bits per heavy atom. The summed E-state index contributed by atoms with van der Waals surface area (Å²) < 4.78 is 29.8. The second kappa shape index (κ2) is 13.6. The van der Waals surface area contributed by atoms with Crippen molar-refractivity contribution in [3.63, 3.8) is 0 Å². The number of hydrogen-bond acceptors (Lipinski definition) is 5. The first-order chi connectivity index (χ1) is 18.2. The van der Waals surface area contributed by atoms with E-state index in [9.17, 15) is 14.0 Å². The van der Waals surface area contributed by atoms with Crippen LogP contribution in [0.1, 0.15) is 36.1 Å². The van der Waals surface area contributed by atoms with E-state index in [2.05, 4.69) is 13.2 Å². The predicted molar refractivity (Wildman–Crippen MR) is 149 cm³/mol. The molecule has 0 radical (unpaired) electrons. The Labute approximate surface area is 222 Å². The molecule has 5 nitrogen and oxygen atoms in total. The molecule has 0 bridgehead atoms. The first-order valence-corrected chi connectivity index (χ1v) is 11.9. The van der Waals surface area contributed by atoms with Gasteiger partial charge in [0.25, 0.3) is 0 Å². The molecule has 0 spiro atoms. The lowest BCUT2D eigenvalue weighted by molar-refractivity contribution is -0.139. The highest BCUT2D eigenvalue weighted by atomic mass is 19.1. The van der Waals surface area contributed by atoms with E-state index >= 15 is 0 Å². The minimum Gasteiger partial charge on any atom is -0.490 e. The van der Waals surface area contributed by atoms with Gasteiger partial charge in [-0.15, -0.1) is 0 Å². The Kier molecular flexibility index (Phi) is 9.94. The number of carbonyl (C=O) groups is 2. The van der Waals surface area contributed by atoms with Crippen LogP contribution in [0.3, 0.4) is 0 Å². The molecule has 0 heterocycles. The molecule has 0 atom stereocenters. The van der Waals surface area contributed by atoms with Gasteiger partial charge in [-0.25, -0.2) is 14.0 Å². The van der Waals surface area contributed by atoms with Crippen LogP contribution in [0.5, 0.6) is 11.5 Å². The van der Waals surface area contributed by atoms with Gasteiger partial charge in [-0.1, -0.05) is 79.9 Å². The van der Waals surface area contributed by atoms with Crippen molar-refractivity contribution in [1.82, 2.24) is 0 Å². The van der Waals surface area contributed by atoms with Crippen LogP contribution in [0.2, 0.25) is 0 Å². The summed E-state index contributed by atoms with van der Waals surface area (Å²) in [5.74, 6) is -1.15. The Morgan fingerprint density at radius 2 is 1.18 bits per heavy atom. The molecule has 38 heavy (non-hydrogen) atoms. The van der Waals surface area contributed by atoms with E-state index in [0.29, 0.717) is 16.9 Å². The van der Waals surface area contributed by atoms with Crippen LogP contribution in [0.15, 0.2) is 91.0 Å². The van der Waals surface area contributed by atoms with E-state index in [1.165, 1.54) is 19.1 Å². The molecular formula is C32H29FO5. The Balaban J connectivity index is 1.51. The quantitative estimate of drug-likeness (QED) is 0.0898. The molecule has 0 saturated heterocycles. The van der Waals surface area contributed by atoms with Gasteiger partial charge in [0.15, 0.2) is 11.6 Å². The summed E-state index contributed by atoms with van der Waals surface area (Å²) in [6, 6.07) is 19.9. The maximum absolute atomic E-state index is 14.2. The molecule has 0 amide bonds. The van der Waals surface area contributed by atoms with Gasteiger partial charge in [0.1, 0.15) is 19.0 Å². The Hall–Kier alpha value is -4.71. The molecule has 194 valence electrons. The zero-order chi connectivity index (χ0) is 27.5. The van der Waals surface area contributed by atoms with Gasteiger partial charge in [0.05, 0.1) is 0 Å². The maximum atomic E-state index is 14.2. The van der Waals surface area contributed by atoms with Crippen molar-refractivity contribution in [2.24, 2.45) is 0 Å². The van der Waals surface area contributed by atoms with Crippen molar-refractivity contribution in [3.05, 3.63) is 119 Å². The fraction of sp³-hybridized carbons (Fsp3) is 0.125. The van der Waals surface area contributed by atoms with Crippen LogP contribution in [0, 0.1) is 5.82 Å². The first kappa shape index (κ1) is 27.9. The van der Waals surface area contributed by atoms with E-state index in [1.807, 2.05) is 66.8 Å². The molecule has 0 saturated carbocycles. The third-order valence-corrected chi connectivity index (χ3v) is 5.19. The summed E-state index contributed by atoms with van der Waals surface area (Å²) in [5.41, 5.74) is 4.19. The van der Waals surface area contributed by atoms with E-state index < -0.39 is 17.8 Å². The predicted octanol–water partition coefficient (Wildman–Crippen LogP) is 7.15. The molecule has 0 aliphatic carbocycles. The summed E-state index contributed by atoms with van der Waals surface area (Å²) in [7, 11) is 0. The second-order valence-electron chi connectivity index (χ2n) is 8.53. The standard InChI is InChI=1S/C32H29FO5/c1-22(2)31(34)37-20-19-36-28-16-13-26(14-17-28)10-9-24-5-7-25(8-6-24)11-12-27-15-18-30(29(33)21-27)38-32(35)23(3)4/h5-18,21H,1,3,19-20H2,2,4H3. The van der Waals surface area contributed by atoms with Crippen LogP contribution < -0.4 is 9.47 Å². The highest BCUT2D eigenvalue weighted by Crippen LogP contribution is 2.21. The summed E-state index contributed by atoms with van der Waals surface area (Å²) >= 11 is 0. The van der Waals surface area contributed by atoms with Crippen molar-refractivity contribution in [2.75, 3.05) is 13.2 Å². The number of esters is 2. The summed E-state index contributed by atoms with van der Waals surface area (Å²) in [6.45, 7) is 10.5. The van der Waals surface area contributed by atoms with Crippen LogP contribution in [-0.2, 0) is 14.3 Å². The molecule has 0 aliphatic heterocycles. The molecule has 0 fully saturated rings. The minimum atomic E-state index is -0.664. The highest BCUT2D eigenvalue weighted by molar-refractivity contribution is 5.89. The van der Waals surface area contributed by atoms with Crippen LogP contribution >= 0.6 is 0 Å². The van der Waals surface area contributed by atoms with Crippen LogP contribution in [-0.4, -0.2) is 25.2 Å². The number of carbonyl (C=O) groups excluding carboxylic acids is 2. The van der Waals surface area contributed by atoms with Gasteiger partial charge < -0.3 is 14.2 Å². The smallest absolute Gasteiger partial charge is 0.338 e. The average Bonchev–Trinajstić information content (AvgIpc) is 2.91. The topological polar surface area (TPSA) is 61.8 Å². The maximum Gasteiger partial charge on any atom is 0.338 e. The van der Waals surface area contributed by atoms with Crippen molar-refractivity contribution in [2.45, 2.75) is 13.8 Å². The molecule has 0 aliphatic rings. The summed E-state index contributed by atoms with van der Waals surface area (Å²) in [6.07, 6.45) is 7.65. The SMILES string of the molecule is C=C(C)C(=O)OCCOc1ccc(C=Cc2ccc(C=Cc3ccc(OC(=O)C(=C)C)c(F)c3)cc2)cc1. The monoisotopic (exact) mass is 512 g/mol. The van der Waals surface area contributed by atoms with Gasteiger partial charge in [-0.2, -0.15) is 0 Å². The zero-order valence-corrected chi connectivity index (χ0v) is 21.4. The molecule has 0 unspecified atom stereocenters. The van der Waals surface area contributed by atoms with Gasteiger partial charge in [-0.3, -0.25) is 0 Å². The van der Waals surface area contributed by atoms with Crippen molar-refractivity contribution >= 4 is 36.2 Å². The van der Waals surface area contributed by atoms with E-state index in [4.69, 9.17) is 14.2 Å². The zero-order valence-electron chi connectivity index (χ0n) is 21.4. The molecule has 3 aromatic carbocycles. The number of halogens is 1. The average molecular weight is 513 g/mol. The van der Waals surface area contributed by atoms with Gasteiger partial charge >= 0.3 is 11.9 Å². The third-order valence-electron chi connectivity index (χ3n) is 5.19. The highest BCUT2D eigenvalue weighted by Gasteiger charge is 2.10. The summed E-state index contributed by atoms with van der Waals surface area (Å²) in [4.78, 5) is 22.9. The number of ether oxygens (including phenoxy) is 3. The van der Waals surface area contributed by atoms with E-state index in [1.54, 1.807) is 19.1 Å². The molecule has 6 heteroatoms. The van der Waals surface area contributed by atoms with Crippen molar-refractivity contribution < 1.29 is 28.2 Å². The van der Waals surface area contributed by atoms with E-state index in [-0.39, 0.29) is 24.5 Å². The fourth-order valence-corrected chi connectivity index (χ4v) is 3.09. The van der Waals surface area contributed by atoms with E-state index in [0.717, 1.165) is 16.7 Å². The Bertz CT molecular complexity index is 1370. The number of hydrogen-bond donors (Lipinski definition) is 0. The third kappa shape index (κ3) is 8.75. The Morgan fingerprint density at radius 3 is 1.68 bits per heavy atom. The molecule has 3 rings (SSSR count). The second-order valence-corrected chi connectivity index (χ2v) is 8.53. The molecule has 0 N–H and O–H groups in total. The van der Waals surface area contributed by atoms with Crippen LogP contribution in [0.4, 0.5) is 4.39 Å². The largest absolute Gasteiger partial charge is 0.490 e. The van der Waals surface area contributed by atoms with Crippen molar-refractivity contribution in [3.8, 4) is 11.5 Å². The summed E-state index contributed by atoms with van der Waals surface area (Å²) in [5, 5.41) is 0.